The van der Waals surface area contributed by atoms with Crippen molar-refractivity contribution < 1.29 is 0 Å². The van der Waals surface area contributed by atoms with Gasteiger partial charge in [0.15, 0.2) is 0 Å². The number of hydrogen-bond acceptors (Lipinski definition) is 0. The van der Waals surface area contributed by atoms with Gasteiger partial charge < -0.3 is 0 Å². The summed E-state index contributed by atoms with van der Waals surface area (Å²) in [5.41, 5.74) is 6.59. The summed E-state index contributed by atoms with van der Waals surface area (Å²) in [7, 11) is 0. The SMILES string of the molecule is C1=C(c2ccccc2)C=C(c2ccccc2)C1c1ccccc1. The maximum atomic E-state index is 2.38. The van der Waals surface area contributed by atoms with Gasteiger partial charge in [0.25, 0.3) is 0 Å². The van der Waals surface area contributed by atoms with Gasteiger partial charge in [-0.25, -0.2) is 0 Å². The molecule has 4 rings (SSSR count). The van der Waals surface area contributed by atoms with Crippen LogP contribution in [0.5, 0.6) is 0 Å². The molecule has 3 aromatic rings. The molecule has 1 aliphatic carbocycles. The molecule has 0 aromatic heterocycles. The molecule has 0 saturated carbocycles. The first kappa shape index (κ1) is 13.8. The highest BCUT2D eigenvalue weighted by Crippen LogP contribution is 2.42. The Labute approximate surface area is 137 Å². The lowest BCUT2D eigenvalue weighted by atomic mass is 9.89. The van der Waals surface area contributed by atoms with E-state index in [1.54, 1.807) is 0 Å². The molecule has 0 heteroatoms. The second-order valence-electron chi connectivity index (χ2n) is 5.84. The summed E-state index contributed by atoms with van der Waals surface area (Å²) in [6.07, 6.45) is 4.72. The highest BCUT2D eigenvalue weighted by atomic mass is 14.3. The van der Waals surface area contributed by atoms with Gasteiger partial charge in [0, 0.05) is 5.92 Å². The monoisotopic (exact) mass is 294 g/mol. The summed E-state index contributed by atoms with van der Waals surface area (Å²) >= 11 is 0. The van der Waals surface area contributed by atoms with Crippen molar-refractivity contribution in [1.82, 2.24) is 0 Å². The third-order valence-corrected chi connectivity index (χ3v) is 4.37. The van der Waals surface area contributed by atoms with Gasteiger partial charge in [-0.1, -0.05) is 97.1 Å². The van der Waals surface area contributed by atoms with Crippen molar-refractivity contribution in [2.75, 3.05) is 0 Å². The van der Waals surface area contributed by atoms with E-state index in [1.807, 2.05) is 0 Å². The van der Waals surface area contributed by atoms with Crippen LogP contribution in [-0.4, -0.2) is 0 Å². The molecule has 0 nitrogen and oxygen atoms in total. The van der Waals surface area contributed by atoms with Gasteiger partial charge in [0.1, 0.15) is 0 Å². The van der Waals surface area contributed by atoms with Crippen molar-refractivity contribution in [3.63, 3.8) is 0 Å². The summed E-state index contributed by atoms with van der Waals surface area (Å²) in [6.45, 7) is 0. The van der Waals surface area contributed by atoms with Crippen LogP contribution in [-0.2, 0) is 0 Å². The van der Waals surface area contributed by atoms with Gasteiger partial charge in [-0.15, -0.1) is 0 Å². The Bertz CT molecular complexity index is 840. The minimum Gasteiger partial charge on any atom is -0.0647 e. The summed E-state index contributed by atoms with van der Waals surface area (Å²) < 4.78 is 0. The van der Waals surface area contributed by atoms with Gasteiger partial charge in [0.05, 0.1) is 0 Å². The number of benzene rings is 3. The minimum absolute atomic E-state index is 0.314. The van der Waals surface area contributed by atoms with Crippen LogP contribution in [0.25, 0.3) is 11.1 Å². The molecule has 0 radical (unpaired) electrons. The highest BCUT2D eigenvalue weighted by Gasteiger charge is 2.22. The molecule has 0 bridgehead atoms. The molecular weight excluding hydrogens is 276 g/mol. The van der Waals surface area contributed by atoms with Crippen LogP contribution in [0.1, 0.15) is 22.6 Å². The lowest BCUT2D eigenvalue weighted by molar-refractivity contribution is 1.12. The summed E-state index contributed by atoms with van der Waals surface area (Å²) in [6, 6.07) is 32.0. The van der Waals surface area contributed by atoms with Crippen molar-refractivity contribution >= 4 is 11.1 Å². The Balaban J connectivity index is 1.82. The maximum Gasteiger partial charge on any atom is 0.0284 e. The lowest BCUT2D eigenvalue weighted by Crippen LogP contribution is -1.96. The minimum atomic E-state index is 0.314. The Morgan fingerprint density at radius 3 is 1.65 bits per heavy atom. The number of hydrogen-bond donors (Lipinski definition) is 0. The van der Waals surface area contributed by atoms with Crippen molar-refractivity contribution in [2.24, 2.45) is 0 Å². The predicted octanol–water partition coefficient (Wildman–Crippen LogP) is 5.95. The van der Waals surface area contributed by atoms with Crippen LogP contribution in [0.15, 0.2) is 103 Å². The molecule has 0 heterocycles. The molecule has 0 fully saturated rings. The van der Waals surface area contributed by atoms with E-state index in [0.29, 0.717) is 5.92 Å². The van der Waals surface area contributed by atoms with Gasteiger partial charge in [-0.3, -0.25) is 0 Å². The maximum absolute atomic E-state index is 2.38. The van der Waals surface area contributed by atoms with E-state index in [1.165, 1.54) is 27.8 Å². The fraction of sp³-hybridized carbons (Fsp3) is 0.0435. The van der Waals surface area contributed by atoms with Crippen molar-refractivity contribution in [3.05, 3.63) is 120 Å². The molecule has 0 N–H and O–H groups in total. The molecule has 0 saturated heterocycles. The van der Waals surface area contributed by atoms with Gasteiger partial charge in [-0.05, 0) is 33.9 Å². The zero-order valence-electron chi connectivity index (χ0n) is 12.9. The third-order valence-electron chi connectivity index (χ3n) is 4.37. The first-order chi connectivity index (χ1) is 11.4. The summed E-state index contributed by atoms with van der Waals surface area (Å²) in [5, 5.41) is 0. The fourth-order valence-corrected chi connectivity index (χ4v) is 3.21. The van der Waals surface area contributed by atoms with Crippen LogP contribution in [0.2, 0.25) is 0 Å². The molecule has 3 aromatic carbocycles. The molecule has 1 unspecified atom stereocenters. The van der Waals surface area contributed by atoms with E-state index >= 15 is 0 Å². The second kappa shape index (κ2) is 6.10. The normalized spacial score (nSPS) is 16.8. The highest BCUT2D eigenvalue weighted by molar-refractivity contribution is 5.93. The number of rotatable bonds is 3. The van der Waals surface area contributed by atoms with Crippen molar-refractivity contribution in [3.8, 4) is 0 Å². The first-order valence-corrected chi connectivity index (χ1v) is 8.01. The van der Waals surface area contributed by atoms with Crippen LogP contribution < -0.4 is 0 Å². The summed E-state index contributed by atoms with van der Waals surface area (Å²) in [4.78, 5) is 0. The molecule has 0 spiro atoms. The Morgan fingerprint density at radius 1 is 0.522 bits per heavy atom. The Hall–Kier alpha value is -2.86. The smallest absolute Gasteiger partial charge is 0.0284 e. The van der Waals surface area contributed by atoms with Crippen molar-refractivity contribution in [2.45, 2.75) is 5.92 Å². The molecule has 1 atom stereocenters. The van der Waals surface area contributed by atoms with Crippen LogP contribution in [0.3, 0.4) is 0 Å². The predicted molar refractivity (Wildman–Crippen MR) is 98.0 cm³/mol. The van der Waals surface area contributed by atoms with Crippen molar-refractivity contribution in [1.29, 1.82) is 0 Å². The third kappa shape index (κ3) is 2.76. The van der Waals surface area contributed by atoms with Gasteiger partial charge in [-0.2, -0.15) is 0 Å². The van der Waals surface area contributed by atoms with Gasteiger partial charge in [0.2, 0.25) is 0 Å². The quantitative estimate of drug-likeness (QED) is 0.560. The zero-order valence-corrected chi connectivity index (χ0v) is 12.9. The average molecular weight is 294 g/mol. The van der Waals surface area contributed by atoms with E-state index in [0.717, 1.165) is 0 Å². The molecule has 23 heavy (non-hydrogen) atoms. The molecule has 0 aliphatic heterocycles. The molecule has 0 amide bonds. The Morgan fingerprint density at radius 2 is 1.04 bits per heavy atom. The Kier molecular flexibility index (Phi) is 3.65. The molecule has 1 aliphatic rings. The summed E-state index contributed by atoms with van der Waals surface area (Å²) in [5.74, 6) is 0.314. The van der Waals surface area contributed by atoms with E-state index in [4.69, 9.17) is 0 Å². The molecular formula is C23H18. The average Bonchev–Trinajstić information content (AvgIpc) is 3.09. The van der Waals surface area contributed by atoms with Crippen LogP contribution >= 0.6 is 0 Å². The second-order valence-corrected chi connectivity index (χ2v) is 5.84. The number of allylic oxidation sites excluding steroid dienone is 4. The zero-order chi connectivity index (χ0) is 15.5. The van der Waals surface area contributed by atoms with E-state index in [-0.39, 0.29) is 0 Å². The molecule has 110 valence electrons. The topological polar surface area (TPSA) is 0 Å². The van der Waals surface area contributed by atoms with E-state index in [9.17, 15) is 0 Å². The van der Waals surface area contributed by atoms with Gasteiger partial charge >= 0.3 is 0 Å². The van der Waals surface area contributed by atoms with E-state index in [2.05, 4.69) is 103 Å². The fourth-order valence-electron chi connectivity index (χ4n) is 3.21. The van der Waals surface area contributed by atoms with Crippen LogP contribution in [0, 0.1) is 0 Å². The van der Waals surface area contributed by atoms with Crippen LogP contribution in [0.4, 0.5) is 0 Å². The standard InChI is InChI=1S/C23H18/c1-4-10-18(11-5-1)21-16-22(19-12-6-2-7-13-19)23(17-21)20-14-8-3-9-15-20/h1-17,22H. The van der Waals surface area contributed by atoms with E-state index < -0.39 is 0 Å². The first-order valence-electron chi connectivity index (χ1n) is 8.01. The largest absolute Gasteiger partial charge is 0.0647 e. The lowest BCUT2D eigenvalue weighted by Gasteiger charge is -2.14.